The molecule has 23 heavy (non-hydrogen) atoms. The molecule has 0 aliphatic carbocycles. The quantitative estimate of drug-likeness (QED) is 0.831. The molecule has 5 nitrogen and oxygen atoms in total. The summed E-state index contributed by atoms with van der Waals surface area (Å²) in [5.41, 5.74) is -0.573. The summed E-state index contributed by atoms with van der Waals surface area (Å²) < 4.78 is 32.9. The molecule has 2 aliphatic rings. The third-order valence-corrected chi connectivity index (χ3v) is 4.80. The molecule has 1 aromatic rings. The van der Waals surface area contributed by atoms with E-state index in [9.17, 15) is 18.4 Å². The van der Waals surface area contributed by atoms with E-state index in [0.717, 1.165) is 12.1 Å². The van der Waals surface area contributed by atoms with Crippen molar-refractivity contribution in [1.29, 1.82) is 0 Å². The Hall–Kier alpha value is -2.18. The molecule has 3 rings (SSSR count). The van der Waals surface area contributed by atoms with E-state index < -0.39 is 23.1 Å². The zero-order valence-electron chi connectivity index (χ0n) is 13.0. The number of rotatable bonds is 2. The van der Waals surface area contributed by atoms with Gasteiger partial charge in [0, 0.05) is 38.7 Å². The van der Waals surface area contributed by atoms with Crippen LogP contribution in [0.5, 0.6) is 5.75 Å². The molecule has 0 saturated carbocycles. The van der Waals surface area contributed by atoms with Gasteiger partial charge in [-0.15, -0.1) is 0 Å². The Morgan fingerprint density at radius 1 is 1.30 bits per heavy atom. The van der Waals surface area contributed by atoms with Gasteiger partial charge in [0.25, 0.3) is 5.91 Å². The van der Waals surface area contributed by atoms with Crippen LogP contribution in [0.15, 0.2) is 12.1 Å². The lowest BCUT2D eigenvalue weighted by molar-refractivity contribution is -0.127. The molecule has 0 aromatic heterocycles. The first-order chi connectivity index (χ1) is 10.9. The van der Waals surface area contributed by atoms with Crippen LogP contribution in [0.2, 0.25) is 0 Å². The molecule has 2 aliphatic heterocycles. The van der Waals surface area contributed by atoms with Crippen molar-refractivity contribution < 1.29 is 23.1 Å². The van der Waals surface area contributed by atoms with Gasteiger partial charge >= 0.3 is 0 Å². The van der Waals surface area contributed by atoms with Crippen LogP contribution >= 0.6 is 0 Å². The standard InChI is InChI=1S/C16H18F2N2O3/c1-19-13-8-20(4-3-9(13)5-14(19)21)16(22)15-11(17)6-10(23-2)7-12(15)18/h6-7,9,13H,3-5,8H2,1-2H3/t9-,13-/m1/s1. The summed E-state index contributed by atoms with van der Waals surface area (Å²) in [4.78, 5) is 27.3. The van der Waals surface area contributed by atoms with Crippen LogP contribution in [0.25, 0.3) is 0 Å². The second-order valence-electron chi connectivity index (χ2n) is 6.04. The Morgan fingerprint density at radius 3 is 2.57 bits per heavy atom. The topological polar surface area (TPSA) is 49.9 Å². The fourth-order valence-electron chi connectivity index (χ4n) is 3.42. The van der Waals surface area contributed by atoms with E-state index in [4.69, 9.17) is 4.74 Å². The van der Waals surface area contributed by atoms with Crippen LogP contribution in [0.1, 0.15) is 23.2 Å². The van der Waals surface area contributed by atoms with Crippen molar-refractivity contribution >= 4 is 11.8 Å². The Morgan fingerprint density at radius 2 is 1.96 bits per heavy atom. The zero-order chi connectivity index (χ0) is 16.7. The number of ether oxygens (including phenoxy) is 1. The summed E-state index contributed by atoms with van der Waals surface area (Å²) in [6.07, 6.45) is 1.14. The Bertz CT molecular complexity index is 642. The van der Waals surface area contributed by atoms with Gasteiger partial charge in [-0.05, 0) is 12.3 Å². The average molecular weight is 324 g/mol. The Labute approximate surface area is 132 Å². The molecule has 2 heterocycles. The van der Waals surface area contributed by atoms with Gasteiger partial charge in [0.15, 0.2) is 0 Å². The van der Waals surface area contributed by atoms with Crippen molar-refractivity contribution in [2.45, 2.75) is 18.9 Å². The Kier molecular flexibility index (Phi) is 3.95. The van der Waals surface area contributed by atoms with Gasteiger partial charge in [-0.3, -0.25) is 9.59 Å². The van der Waals surface area contributed by atoms with Gasteiger partial charge in [-0.25, -0.2) is 8.78 Å². The number of nitrogens with zero attached hydrogens (tertiary/aromatic N) is 2. The molecule has 2 fully saturated rings. The number of likely N-dealkylation sites (N-methyl/N-ethyl adjacent to an activating group) is 1. The molecule has 0 unspecified atom stereocenters. The number of halogens is 2. The van der Waals surface area contributed by atoms with E-state index in [2.05, 4.69) is 0 Å². The average Bonchev–Trinajstić information content (AvgIpc) is 2.80. The summed E-state index contributed by atoms with van der Waals surface area (Å²) in [5, 5.41) is 0. The van der Waals surface area contributed by atoms with Crippen molar-refractivity contribution in [3.05, 3.63) is 29.3 Å². The van der Waals surface area contributed by atoms with Crippen molar-refractivity contribution in [3.63, 3.8) is 0 Å². The summed E-state index contributed by atoms with van der Waals surface area (Å²) in [6.45, 7) is 0.697. The van der Waals surface area contributed by atoms with Crippen LogP contribution in [-0.2, 0) is 4.79 Å². The number of amides is 2. The normalized spacial score (nSPS) is 23.9. The Balaban J connectivity index is 1.83. The minimum Gasteiger partial charge on any atom is -0.497 e. The maximum Gasteiger partial charge on any atom is 0.259 e. The number of carbonyl (C=O) groups excluding carboxylic acids is 2. The molecule has 124 valence electrons. The lowest BCUT2D eigenvalue weighted by atomic mass is 9.91. The van der Waals surface area contributed by atoms with E-state index in [1.54, 1.807) is 11.9 Å². The van der Waals surface area contributed by atoms with Crippen LogP contribution in [-0.4, -0.2) is 54.9 Å². The molecule has 0 radical (unpaired) electrons. The number of fused-ring (bicyclic) bond motifs is 1. The third-order valence-electron chi connectivity index (χ3n) is 4.80. The number of carbonyl (C=O) groups is 2. The van der Waals surface area contributed by atoms with Gasteiger partial charge in [0.1, 0.15) is 22.9 Å². The second kappa shape index (κ2) is 5.79. The van der Waals surface area contributed by atoms with Gasteiger partial charge < -0.3 is 14.5 Å². The minimum absolute atomic E-state index is 0.0244. The lowest BCUT2D eigenvalue weighted by Gasteiger charge is -2.37. The molecule has 0 bridgehead atoms. The maximum atomic E-state index is 14.1. The van der Waals surface area contributed by atoms with Crippen LogP contribution in [0.3, 0.4) is 0 Å². The third kappa shape index (κ3) is 2.64. The number of piperidine rings is 1. The molecule has 0 N–H and O–H groups in total. The van der Waals surface area contributed by atoms with Gasteiger partial charge in [0.2, 0.25) is 5.91 Å². The molecule has 2 saturated heterocycles. The SMILES string of the molecule is COc1cc(F)c(C(=O)N2CC[C@@H]3CC(=O)N(C)[C@@H]3C2)c(F)c1. The highest BCUT2D eigenvalue weighted by molar-refractivity contribution is 5.95. The smallest absolute Gasteiger partial charge is 0.259 e. The van der Waals surface area contributed by atoms with E-state index in [1.807, 2.05) is 0 Å². The van der Waals surface area contributed by atoms with Crippen LogP contribution in [0, 0.1) is 17.6 Å². The van der Waals surface area contributed by atoms with Crippen molar-refractivity contribution in [2.24, 2.45) is 5.92 Å². The number of methoxy groups -OCH3 is 1. The number of likely N-dealkylation sites (tertiary alicyclic amines) is 2. The van der Waals surface area contributed by atoms with Gasteiger partial charge in [0.05, 0.1) is 13.2 Å². The summed E-state index contributed by atoms with van der Waals surface area (Å²) in [7, 11) is 3.00. The van der Waals surface area contributed by atoms with E-state index in [1.165, 1.54) is 12.0 Å². The second-order valence-corrected chi connectivity index (χ2v) is 6.04. The van der Waals surface area contributed by atoms with Crippen LogP contribution < -0.4 is 4.74 Å². The minimum atomic E-state index is -0.940. The predicted octanol–water partition coefficient (Wildman–Crippen LogP) is 1.67. The predicted molar refractivity (Wildman–Crippen MR) is 78.1 cm³/mol. The fourth-order valence-corrected chi connectivity index (χ4v) is 3.42. The summed E-state index contributed by atoms with van der Waals surface area (Å²) in [5.74, 6) is -2.28. The summed E-state index contributed by atoms with van der Waals surface area (Å²) in [6, 6.07) is 1.91. The van der Waals surface area contributed by atoms with E-state index >= 15 is 0 Å². The molecular weight excluding hydrogens is 306 g/mol. The molecule has 2 amide bonds. The summed E-state index contributed by atoms with van der Waals surface area (Å²) >= 11 is 0. The number of hydrogen-bond donors (Lipinski definition) is 0. The number of benzene rings is 1. The molecule has 0 spiro atoms. The van der Waals surface area contributed by atoms with Gasteiger partial charge in [-0.1, -0.05) is 0 Å². The number of hydrogen-bond acceptors (Lipinski definition) is 3. The first-order valence-corrected chi connectivity index (χ1v) is 7.50. The van der Waals surface area contributed by atoms with E-state index in [0.29, 0.717) is 25.9 Å². The molecule has 7 heteroatoms. The maximum absolute atomic E-state index is 14.1. The lowest BCUT2D eigenvalue weighted by Crippen LogP contribution is -2.49. The zero-order valence-corrected chi connectivity index (χ0v) is 13.0. The van der Waals surface area contributed by atoms with Gasteiger partial charge in [-0.2, -0.15) is 0 Å². The molecule has 2 atom stereocenters. The highest BCUT2D eigenvalue weighted by atomic mass is 19.1. The van der Waals surface area contributed by atoms with E-state index in [-0.39, 0.29) is 23.6 Å². The van der Waals surface area contributed by atoms with Crippen molar-refractivity contribution in [2.75, 3.05) is 27.2 Å². The highest BCUT2D eigenvalue weighted by Crippen LogP contribution is 2.32. The molecular formula is C16H18F2N2O3. The largest absolute Gasteiger partial charge is 0.497 e. The molecule has 1 aromatic carbocycles. The monoisotopic (exact) mass is 324 g/mol. The first kappa shape index (κ1) is 15.7. The van der Waals surface area contributed by atoms with Crippen molar-refractivity contribution in [1.82, 2.24) is 9.80 Å². The van der Waals surface area contributed by atoms with Crippen LogP contribution in [0.4, 0.5) is 8.78 Å². The van der Waals surface area contributed by atoms with Crippen molar-refractivity contribution in [3.8, 4) is 5.75 Å². The fraction of sp³-hybridized carbons (Fsp3) is 0.500. The first-order valence-electron chi connectivity index (χ1n) is 7.50. The highest BCUT2D eigenvalue weighted by Gasteiger charge is 2.42.